The van der Waals surface area contributed by atoms with Crippen LogP contribution in [0.5, 0.6) is 0 Å². The minimum absolute atomic E-state index is 0.130. The number of hydrogen-bond acceptors (Lipinski definition) is 3. The van der Waals surface area contributed by atoms with Crippen molar-refractivity contribution in [2.45, 2.75) is 13.8 Å². The van der Waals surface area contributed by atoms with Crippen LogP contribution in [0.1, 0.15) is 11.1 Å². The highest BCUT2D eigenvalue weighted by Gasteiger charge is 2.21. The molecule has 21 heavy (non-hydrogen) atoms. The summed E-state index contributed by atoms with van der Waals surface area (Å²) in [5.74, 6) is 2.61. The van der Waals surface area contributed by atoms with Crippen LogP contribution in [-0.2, 0) is 4.79 Å². The maximum absolute atomic E-state index is 12.0. The van der Waals surface area contributed by atoms with E-state index in [1.54, 1.807) is 0 Å². The molecule has 1 N–H and O–H groups in total. The van der Waals surface area contributed by atoms with Crippen molar-refractivity contribution >= 4 is 11.6 Å². The molecule has 1 amide bonds. The smallest absolute Gasteiger partial charge is 0.236 e. The molecule has 112 valence electrons. The number of aryl methyl sites for hydroxylation is 1. The summed E-state index contributed by atoms with van der Waals surface area (Å²) in [5, 5.41) is 2.95. The molecule has 0 bridgehead atoms. The van der Waals surface area contributed by atoms with Crippen LogP contribution in [-0.4, -0.2) is 50.1 Å². The number of carbonyl (C=O) groups excluding carboxylic acids is 1. The van der Waals surface area contributed by atoms with Crippen LogP contribution in [0.2, 0.25) is 0 Å². The Morgan fingerprint density at radius 3 is 2.67 bits per heavy atom. The first-order valence-electron chi connectivity index (χ1n) is 7.36. The number of amides is 1. The lowest BCUT2D eigenvalue weighted by Gasteiger charge is -2.37. The van der Waals surface area contributed by atoms with Gasteiger partial charge in [-0.25, -0.2) is 0 Å². The summed E-state index contributed by atoms with van der Waals surface area (Å²) in [5.41, 5.74) is 3.92. The van der Waals surface area contributed by atoms with Gasteiger partial charge in [0.2, 0.25) is 5.91 Å². The lowest BCUT2D eigenvalue weighted by Crippen LogP contribution is -2.51. The van der Waals surface area contributed by atoms with Crippen molar-refractivity contribution in [3.05, 3.63) is 29.3 Å². The number of rotatable bonds is 4. The van der Waals surface area contributed by atoms with Gasteiger partial charge in [-0.15, -0.1) is 6.42 Å². The third-order valence-electron chi connectivity index (χ3n) is 4.05. The van der Waals surface area contributed by atoms with Crippen LogP contribution in [0, 0.1) is 26.2 Å². The molecular formula is C17H23N3O. The number of nitrogens with zero attached hydrogens (tertiary/aromatic N) is 2. The fourth-order valence-electron chi connectivity index (χ4n) is 2.63. The maximum atomic E-state index is 12.0. The average molecular weight is 285 g/mol. The van der Waals surface area contributed by atoms with Crippen LogP contribution < -0.4 is 10.2 Å². The summed E-state index contributed by atoms with van der Waals surface area (Å²) in [6, 6.07) is 6.39. The molecule has 1 aliphatic heterocycles. The molecule has 0 atom stereocenters. The quantitative estimate of drug-likeness (QED) is 0.666. The lowest BCUT2D eigenvalue weighted by atomic mass is 10.1. The topological polar surface area (TPSA) is 35.6 Å². The van der Waals surface area contributed by atoms with Crippen molar-refractivity contribution in [1.82, 2.24) is 10.2 Å². The second-order valence-electron chi connectivity index (χ2n) is 5.39. The standard InChI is InChI=1S/C17H23N3O/c1-4-8-18-13-17(21)20-11-9-19(10-12-20)16-7-5-6-14(2)15(16)3/h1,5-7,18H,8-13H2,2-3H3. The van der Waals surface area contributed by atoms with Gasteiger partial charge in [0.15, 0.2) is 0 Å². The Hall–Kier alpha value is -1.99. The Kier molecular flexibility index (Phi) is 5.24. The average Bonchev–Trinajstić information content (AvgIpc) is 2.50. The lowest BCUT2D eigenvalue weighted by molar-refractivity contribution is -0.130. The normalized spacial score (nSPS) is 14.9. The van der Waals surface area contributed by atoms with Crippen molar-refractivity contribution in [1.29, 1.82) is 0 Å². The Morgan fingerprint density at radius 2 is 2.00 bits per heavy atom. The summed E-state index contributed by atoms with van der Waals surface area (Å²) in [7, 11) is 0. The number of carbonyl (C=O) groups is 1. The molecule has 1 fully saturated rings. The number of terminal acetylenes is 1. The fourth-order valence-corrected chi connectivity index (χ4v) is 2.63. The molecule has 0 saturated carbocycles. The van der Waals surface area contributed by atoms with E-state index in [0.29, 0.717) is 13.1 Å². The first kappa shape index (κ1) is 15.4. The molecule has 0 radical (unpaired) electrons. The van der Waals surface area contributed by atoms with E-state index in [9.17, 15) is 4.79 Å². The van der Waals surface area contributed by atoms with Gasteiger partial charge in [-0.1, -0.05) is 18.1 Å². The molecule has 0 aliphatic carbocycles. The van der Waals surface area contributed by atoms with Gasteiger partial charge in [0.1, 0.15) is 0 Å². The zero-order chi connectivity index (χ0) is 15.2. The van der Waals surface area contributed by atoms with Gasteiger partial charge in [-0.05, 0) is 31.0 Å². The molecule has 1 aromatic rings. The highest BCUT2D eigenvalue weighted by molar-refractivity contribution is 5.78. The summed E-state index contributed by atoms with van der Waals surface area (Å²) >= 11 is 0. The van der Waals surface area contributed by atoms with Crippen molar-refractivity contribution in [3.63, 3.8) is 0 Å². The SMILES string of the molecule is C#CCNCC(=O)N1CCN(c2cccc(C)c2C)CC1. The summed E-state index contributed by atoms with van der Waals surface area (Å²) in [4.78, 5) is 16.3. The zero-order valence-electron chi connectivity index (χ0n) is 12.9. The number of benzene rings is 1. The van der Waals surface area contributed by atoms with Gasteiger partial charge in [-0.3, -0.25) is 10.1 Å². The van der Waals surface area contributed by atoms with Crippen LogP contribution in [0.15, 0.2) is 18.2 Å². The summed E-state index contributed by atoms with van der Waals surface area (Å²) in [6.45, 7) is 8.35. The highest BCUT2D eigenvalue weighted by Crippen LogP contribution is 2.23. The Morgan fingerprint density at radius 1 is 1.29 bits per heavy atom. The van der Waals surface area contributed by atoms with Crippen LogP contribution in [0.25, 0.3) is 0 Å². The van der Waals surface area contributed by atoms with Crippen molar-refractivity contribution in [3.8, 4) is 12.3 Å². The molecule has 0 unspecified atom stereocenters. The van der Waals surface area contributed by atoms with Crippen LogP contribution >= 0.6 is 0 Å². The van der Waals surface area contributed by atoms with E-state index in [2.05, 4.69) is 48.2 Å². The van der Waals surface area contributed by atoms with Gasteiger partial charge >= 0.3 is 0 Å². The minimum atomic E-state index is 0.130. The molecule has 4 heteroatoms. The molecule has 4 nitrogen and oxygen atoms in total. The number of anilines is 1. The monoisotopic (exact) mass is 285 g/mol. The summed E-state index contributed by atoms with van der Waals surface area (Å²) in [6.07, 6.45) is 5.16. The fraction of sp³-hybridized carbons (Fsp3) is 0.471. The molecule has 1 heterocycles. The van der Waals surface area contributed by atoms with Gasteiger partial charge in [0.25, 0.3) is 0 Å². The van der Waals surface area contributed by atoms with E-state index in [1.807, 2.05) is 4.90 Å². The maximum Gasteiger partial charge on any atom is 0.236 e. The van der Waals surface area contributed by atoms with Gasteiger partial charge in [0, 0.05) is 31.9 Å². The summed E-state index contributed by atoms with van der Waals surface area (Å²) < 4.78 is 0. The molecule has 0 spiro atoms. The minimum Gasteiger partial charge on any atom is -0.368 e. The number of piperazine rings is 1. The number of nitrogens with one attached hydrogen (secondary N) is 1. The molecule has 1 aromatic carbocycles. The Labute approximate surface area is 127 Å². The Bertz CT molecular complexity index is 539. The van der Waals surface area contributed by atoms with E-state index in [4.69, 9.17) is 6.42 Å². The van der Waals surface area contributed by atoms with Gasteiger partial charge in [0.05, 0.1) is 13.1 Å². The molecule has 1 saturated heterocycles. The second kappa shape index (κ2) is 7.14. The molecule has 2 rings (SSSR count). The predicted octanol–water partition coefficient (Wildman–Crippen LogP) is 1.17. The molecular weight excluding hydrogens is 262 g/mol. The Balaban J connectivity index is 1.90. The van der Waals surface area contributed by atoms with Gasteiger partial charge in [-0.2, -0.15) is 0 Å². The second-order valence-corrected chi connectivity index (χ2v) is 5.39. The zero-order valence-corrected chi connectivity index (χ0v) is 12.9. The van der Waals surface area contributed by atoms with Crippen molar-refractivity contribution in [2.75, 3.05) is 44.2 Å². The number of hydrogen-bond donors (Lipinski definition) is 1. The van der Waals surface area contributed by atoms with Crippen LogP contribution in [0.4, 0.5) is 5.69 Å². The molecule has 1 aliphatic rings. The van der Waals surface area contributed by atoms with E-state index < -0.39 is 0 Å². The predicted molar refractivity (Wildman–Crippen MR) is 86.4 cm³/mol. The third-order valence-corrected chi connectivity index (χ3v) is 4.05. The van der Waals surface area contributed by atoms with Crippen LogP contribution in [0.3, 0.4) is 0 Å². The van der Waals surface area contributed by atoms with Crippen molar-refractivity contribution in [2.24, 2.45) is 0 Å². The van der Waals surface area contributed by atoms with E-state index in [1.165, 1.54) is 16.8 Å². The third kappa shape index (κ3) is 3.77. The van der Waals surface area contributed by atoms with E-state index in [0.717, 1.165) is 26.2 Å². The van der Waals surface area contributed by atoms with Gasteiger partial charge < -0.3 is 9.80 Å². The highest BCUT2D eigenvalue weighted by atomic mass is 16.2. The largest absolute Gasteiger partial charge is 0.368 e. The van der Waals surface area contributed by atoms with E-state index in [-0.39, 0.29) is 5.91 Å². The van der Waals surface area contributed by atoms with Crippen molar-refractivity contribution < 1.29 is 4.79 Å². The molecule has 0 aromatic heterocycles. The van der Waals surface area contributed by atoms with E-state index >= 15 is 0 Å². The first-order chi connectivity index (χ1) is 10.1. The first-order valence-corrected chi connectivity index (χ1v) is 7.36.